The van der Waals surface area contributed by atoms with Crippen LogP contribution in [-0.4, -0.2) is 23.7 Å². The van der Waals surface area contributed by atoms with E-state index in [1.54, 1.807) is 6.07 Å². The second kappa shape index (κ2) is 6.69. The van der Waals surface area contributed by atoms with Crippen LogP contribution < -0.4 is 0 Å². The van der Waals surface area contributed by atoms with E-state index in [1.807, 2.05) is 55.3 Å². The Hall–Kier alpha value is -1.23. The molecule has 1 unspecified atom stereocenters. The summed E-state index contributed by atoms with van der Waals surface area (Å²) in [6.45, 7) is 2.34. The van der Waals surface area contributed by atoms with Crippen LogP contribution >= 0.6 is 15.9 Å². The minimum absolute atomic E-state index is 0.0361. The van der Waals surface area contributed by atoms with Crippen LogP contribution in [0.4, 0.5) is 4.39 Å². The first-order valence-electron chi connectivity index (χ1n) is 6.79. The lowest BCUT2D eigenvalue weighted by Crippen LogP contribution is -2.44. The van der Waals surface area contributed by atoms with Gasteiger partial charge in [0.1, 0.15) is 5.82 Å². The quantitative estimate of drug-likeness (QED) is 0.882. The highest BCUT2D eigenvalue weighted by molar-refractivity contribution is 9.10. The highest BCUT2D eigenvalue weighted by atomic mass is 79.9. The summed E-state index contributed by atoms with van der Waals surface area (Å²) in [5.74, 6) is -0.246. The highest BCUT2D eigenvalue weighted by Gasteiger charge is 2.30. The molecule has 2 aromatic rings. The van der Waals surface area contributed by atoms with Crippen molar-refractivity contribution < 1.29 is 9.50 Å². The normalized spacial score (nSPS) is 14.2. The van der Waals surface area contributed by atoms with Gasteiger partial charge in [-0.3, -0.25) is 4.90 Å². The van der Waals surface area contributed by atoms with E-state index in [0.29, 0.717) is 12.1 Å². The average Bonchev–Trinajstić information content (AvgIpc) is 2.50. The maximum Gasteiger partial charge on any atom is 0.128 e. The highest BCUT2D eigenvalue weighted by Crippen LogP contribution is 2.28. The third-order valence-electron chi connectivity index (χ3n) is 3.97. The fourth-order valence-corrected chi connectivity index (χ4v) is 2.64. The molecule has 0 spiro atoms. The summed E-state index contributed by atoms with van der Waals surface area (Å²) < 4.78 is 14.7. The number of aliphatic hydroxyl groups is 1. The van der Waals surface area contributed by atoms with E-state index in [9.17, 15) is 9.50 Å². The van der Waals surface area contributed by atoms with Crippen LogP contribution in [0.15, 0.2) is 53.0 Å². The monoisotopic (exact) mass is 351 g/mol. The molecule has 0 amide bonds. The summed E-state index contributed by atoms with van der Waals surface area (Å²) in [4.78, 5) is 1.97. The zero-order valence-corrected chi connectivity index (χ0v) is 13.8. The van der Waals surface area contributed by atoms with Crippen molar-refractivity contribution in [2.24, 2.45) is 0 Å². The maximum absolute atomic E-state index is 14.0. The molecule has 1 N–H and O–H groups in total. The van der Waals surface area contributed by atoms with Gasteiger partial charge in [-0.05, 0) is 31.7 Å². The lowest BCUT2D eigenvalue weighted by Gasteiger charge is -2.38. The number of hydrogen-bond acceptors (Lipinski definition) is 2. The summed E-state index contributed by atoms with van der Waals surface area (Å²) in [5.41, 5.74) is 1.06. The van der Waals surface area contributed by atoms with Crippen LogP contribution in [0, 0.1) is 5.82 Å². The predicted octanol–water partition coefficient (Wildman–Crippen LogP) is 3.93. The minimum Gasteiger partial charge on any atom is -0.394 e. The van der Waals surface area contributed by atoms with Crippen molar-refractivity contribution in [2.45, 2.75) is 19.0 Å². The molecule has 0 fully saturated rings. The van der Waals surface area contributed by atoms with Crippen LogP contribution in [0.5, 0.6) is 0 Å². The van der Waals surface area contributed by atoms with Crippen LogP contribution in [0.1, 0.15) is 18.1 Å². The van der Waals surface area contributed by atoms with Crippen molar-refractivity contribution in [1.82, 2.24) is 4.90 Å². The van der Waals surface area contributed by atoms with Crippen LogP contribution in [0.25, 0.3) is 0 Å². The van der Waals surface area contributed by atoms with Gasteiger partial charge in [0.15, 0.2) is 0 Å². The standard InChI is InChI=1S/C17H19BrFNO/c1-17(12-21,14-6-4-3-5-7-14)20(2)11-13-8-9-15(18)10-16(13)19/h3-10,21H,11-12H2,1-2H3. The molecular weight excluding hydrogens is 333 g/mol. The smallest absolute Gasteiger partial charge is 0.128 e. The number of halogens is 2. The summed E-state index contributed by atoms with van der Waals surface area (Å²) >= 11 is 3.26. The number of rotatable bonds is 5. The van der Waals surface area contributed by atoms with Crippen molar-refractivity contribution in [2.75, 3.05) is 13.7 Å². The second-order valence-corrected chi connectivity index (χ2v) is 6.31. The molecule has 0 aliphatic carbocycles. The fraction of sp³-hybridized carbons (Fsp3) is 0.294. The lowest BCUT2D eigenvalue weighted by molar-refractivity contribution is 0.0550. The first-order chi connectivity index (χ1) is 9.97. The summed E-state index contributed by atoms with van der Waals surface area (Å²) in [5, 5.41) is 9.86. The van der Waals surface area contributed by atoms with E-state index in [-0.39, 0.29) is 12.4 Å². The molecule has 4 heteroatoms. The Morgan fingerprint density at radius 3 is 2.43 bits per heavy atom. The summed E-state index contributed by atoms with van der Waals surface area (Å²) in [6, 6.07) is 14.8. The first-order valence-corrected chi connectivity index (χ1v) is 7.58. The van der Waals surface area contributed by atoms with E-state index in [0.717, 1.165) is 10.0 Å². The Kier molecular flexibility index (Phi) is 5.14. The Bertz CT molecular complexity index is 605. The lowest BCUT2D eigenvalue weighted by atomic mass is 9.91. The molecule has 0 saturated heterocycles. The molecule has 0 aliphatic heterocycles. The molecule has 0 bridgehead atoms. The van der Waals surface area contributed by atoms with Gasteiger partial charge in [0, 0.05) is 16.6 Å². The fourth-order valence-electron chi connectivity index (χ4n) is 2.31. The Labute approximate surface area is 133 Å². The molecule has 112 valence electrons. The van der Waals surface area contributed by atoms with Crippen LogP contribution in [-0.2, 0) is 12.1 Å². The molecule has 2 aromatic carbocycles. The van der Waals surface area contributed by atoms with E-state index < -0.39 is 5.54 Å². The second-order valence-electron chi connectivity index (χ2n) is 5.39. The number of nitrogens with zero attached hydrogens (tertiary/aromatic N) is 1. The average molecular weight is 352 g/mol. The van der Waals surface area contributed by atoms with E-state index >= 15 is 0 Å². The Morgan fingerprint density at radius 1 is 1.19 bits per heavy atom. The minimum atomic E-state index is -0.555. The molecular formula is C17H19BrFNO. The number of likely N-dealkylation sites (N-methyl/N-ethyl adjacent to an activating group) is 1. The third-order valence-corrected chi connectivity index (χ3v) is 4.46. The van der Waals surface area contributed by atoms with Gasteiger partial charge in [-0.25, -0.2) is 4.39 Å². The molecule has 0 aromatic heterocycles. The van der Waals surface area contributed by atoms with Crippen molar-refractivity contribution in [3.63, 3.8) is 0 Å². The van der Waals surface area contributed by atoms with E-state index in [1.165, 1.54) is 6.07 Å². The molecule has 1 atom stereocenters. The van der Waals surface area contributed by atoms with E-state index in [2.05, 4.69) is 15.9 Å². The maximum atomic E-state index is 14.0. The van der Waals surface area contributed by atoms with Crippen molar-refractivity contribution in [3.8, 4) is 0 Å². The van der Waals surface area contributed by atoms with Crippen molar-refractivity contribution in [3.05, 3.63) is 69.9 Å². The van der Waals surface area contributed by atoms with Crippen molar-refractivity contribution >= 4 is 15.9 Å². The van der Waals surface area contributed by atoms with Gasteiger partial charge < -0.3 is 5.11 Å². The van der Waals surface area contributed by atoms with E-state index in [4.69, 9.17) is 0 Å². The first kappa shape index (κ1) is 16.1. The predicted molar refractivity (Wildman–Crippen MR) is 86.4 cm³/mol. The van der Waals surface area contributed by atoms with Gasteiger partial charge in [-0.2, -0.15) is 0 Å². The van der Waals surface area contributed by atoms with Crippen LogP contribution in [0.3, 0.4) is 0 Å². The molecule has 2 rings (SSSR count). The zero-order chi connectivity index (χ0) is 15.5. The van der Waals surface area contributed by atoms with Gasteiger partial charge in [0.05, 0.1) is 12.1 Å². The molecule has 21 heavy (non-hydrogen) atoms. The molecule has 0 radical (unpaired) electrons. The third kappa shape index (κ3) is 3.51. The summed E-state index contributed by atoms with van der Waals surface area (Å²) in [6.07, 6.45) is 0. The van der Waals surface area contributed by atoms with Crippen LogP contribution in [0.2, 0.25) is 0 Å². The Balaban J connectivity index is 2.26. The number of aliphatic hydroxyl groups excluding tert-OH is 1. The summed E-state index contributed by atoms with van der Waals surface area (Å²) in [7, 11) is 1.89. The van der Waals surface area contributed by atoms with Crippen molar-refractivity contribution in [1.29, 1.82) is 0 Å². The van der Waals surface area contributed by atoms with Gasteiger partial charge >= 0.3 is 0 Å². The molecule has 0 aliphatic rings. The number of benzene rings is 2. The van der Waals surface area contributed by atoms with Gasteiger partial charge in [0.25, 0.3) is 0 Å². The Morgan fingerprint density at radius 2 is 1.86 bits per heavy atom. The van der Waals surface area contributed by atoms with Gasteiger partial charge in [-0.15, -0.1) is 0 Å². The molecule has 0 saturated carbocycles. The molecule has 2 nitrogen and oxygen atoms in total. The number of hydrogen-bond donors (Lipinski definition) is 1. The topological polar surface area (TPSA) is 23.5 Å². The SMILES string of the molecule is CN(Cc1ccc(Br)cc1F)C(C)(CO)c1ccccc1. The van der Waals surface area contributed by atoms with Gasteiger partial charge in [0.2, 0.25) is 0 Å². The van der Waals surface area contributed by atoms with Gasteiger partial charge in [-0.1, -0.05) is 52.3 Å². The largest absolute Gasteiger partial charge is 0.394 e. The zero-order valence-electron chi connectivity index (χ0n) is 12.2. The molecule has 0 heterocycles.